The van der Waals surface area contributed by atoms with Crippen molar-refractivity contribution in [2.45, 2.75) is 24.3 Å². The highest BCUT2D eigenvalue weighted by molar-refractivity contribution is 7.80. The Morgan fingerprint density at radius 2 is 1.96 bits per heavy atom. The van der Waals surface area contributed by atoms with E-state index in [1.807, 2.05) is 12.1 Å². The molecule has 1 atom stereocenters. The van der Waals surface area contributed by atoms with E-state index in [0.29, 0.717) is 22.6 Å². The van der Waals surface area contributed by atoms with E-state index in [4.69, 9.17) is 4.52 Å². The lowest BCUT2D eigenvalue weighted by Crippen LogP contribution is -2.29. The van der Waals surface area contributed by atoms with Crippen molar-refractivity contribution in [3.05, 3.63) is 71.2 Å². The van der Waals surface area contributed by atoms with Crippen LogP contribution in [0.15, 0.2) is 57.9 Å². The van der Waals surface area contributed by atoms with Gasteiger partial charge in [-0.2, -0.15) is 0 Å². The molecule has 1 amide bonds. The van der Waals surface area contributed by atoms with Gasteiger partial charge < -0.3 is 14.9 Å². The van der Waals surface area contributed by atoms with Crippen LogP contribution in [-0.2, 0) is 6.42 Å². The summed E-state index contributed by atoms with van der Waals surface area (Å²) in [5, 5.41) is 15.7. The van der Waals surface area contributed by atoms with Crippen molar-refractivity contribution in [1.82, 2.24) is 10.5 Å². The zero-order valence-electron chi connectivity index (χ0n) is 13.9. The topological polar surface area (TPSA) is 75.4 Å². The van der Waals surface area contributed by atoms with E-state index in [-0.39, 0.29) is 12.2 Å². The Hall–Kier alpha value is -2.80. The standard InChI is InChI=1S/C19H17FN2O3S/c1-11-17(18(25-22-11)12-6-8-14(26)9-7-12)16(21-19(23)24)10-13-4-2-3-5-15(13)20/h2-9,16,21,26H,10H2,1H3,(H,23,24)/t16-/m1/s1. The highest BCUT2D eigenvalue weighted by Gasteiger charge is 2.26. The van der Waals surface area contributed by atoms with Gasteiger partial charge in [-0.3, -0.25) is 0 Å². The SMILES string of the molecule is Cc1noc(-c2ccc(S)cc2)c1[C@@H](Cc1ccccc1F)NC(=O)O. The molecule has 134 valence electrons. The maximum Gasteiger partial charge on any atom is 0.405 e. The fourth-order valence-electron chi connectivity index (χ4n) is 2.87. The summed E-state index contributed by atoms with van der Waals surface area (Å²) in [7, 11) is 0. The number of aromatic nitrogens is 1. The molecular formula is C19H17FN2O3S. The van der Waals surface area contributed by atoms with Crippen LogP contribution >= 0.6 is 12.6 Å². The van der Waals surface area contributed by atoms with Gasteiger partial charge in [0.1, 0.15) is 5.82 Å². The minimum absolute atomic E-state index is 0.138. The molecule has 0 saturated carbocycles. The molecule has 1 heterocycles. The highest BCUT2D eigenvalue weighted by atomic mass is 32.1. The molecule has 0 fully saturated rings. The van der Waals surface area contributed by atoms with Gasteiger partial charge in [-0.15, -0.1) is 12.6 Å². The van der Waals surface area contributed by atoms with Crippen LogP contribution in [0.1, 0.15) is 22.9 Å². The molecule has 2 aromatic carbocycles. The van der Waals surface area contributed by atoms with Crippen LogP contribution < -0.4 is 5.32 Å². The number of nitrogens with one attached hydrogen (secondary N) is 1. The molecule has 2 N–H and O–H groups in total. The van der Waals surface area contributed by atoms with Gasteiger partial charge in [0.05, 0.1) is 11.7 Å². The average Bonchev–Trinajstić information content (AvgIpc) is 2.98. The summed E-state index contributed by atoms with van der Waals surface area (Å²) in [4.78, 5) is 12.1. The Bertz CT molecular complexity index is 925. The zero-order valence-corrected chi connectivity index (χ0v) is 14.8. The van der Waals surface area contributed by atoms with Gasteiger partial charge in [-0.05, 0) is 30.7 Å². The Morgan fingerprint density at radius 3 is 2.62 bits per heavy atom. The van der Waals surface area contributed by atoms with Crippen LogP contribution in [0.5, 0.6) is 0 Å². The monoisotopic (exact) mass is 372 g/mol. The van der Waals surface area contributed by atoms with Crippen molar-refractivity contribution in [3.63, 3.8) is 0 Å². The fraction of sp³-hybridized carbons (Fsp3) is 0.158. The third-order valence-corrected chi connectivity index (χ3v) is 4.36. The van der Waals surface area contributed by atoms with Crippen molar-refractivity contribution >= 4 is 18.7 Å². The van der Waals surface area contributed by atoms with Crippen molar-refractivity contribution in [1.29, 1.82) is 0 Å². The second-order valence-electron chi connectivity index (χ2n) is 5.86. The van der Waals surface area contributed by atoms with Gasteiger partial charge in [0.25, 0.3) is 0 Å². The third-order valence-electron chi connectivity index (χ3n) is 4.07. The predicted molar refractivity (Wildman–Crippen MR) is 97.9 cm³/mol. The number of thiol groups is 1. The number of rotatable bonds is 5. The van der Waals surface area contributed by atoms with Crippen molar-refractivity contribution < 1.29 is 18.8 Å². The maximum absolute atomic E-state index is 14.1. The van der Waals surface area contributed by atoms with Crippen LogP contribution in [0.3, 0.4) is 0 Å². The molecule has 0 bridgehead atoms. The number of hydrogen-bond donors (Lipinski definition) is 3. The molecule has 3 aromatic rings. The molecule has 7 heteroatoms. The number of carbonyl (C=O) groups is 1. The normalized spacial score (nSPS) is 12.0. The lowest BCUT2D eigenvalue weighted by atomic mass is 9.95. The molecular weight excluding hydrogens is 355 g/mol. The minimum atomic E-state index is -1.21. The first-order valence-corrected chi connectivity index (χ1v) is 8.39. The zero-order chi connectivity index (χ0) is 18.7. The number of halogens is 1. The summed E-state index contributed by atoms with van der Waals surface area (Å²) in [6.07, 6.45) is -1.07. The number of aryl methyl sites for hydroxylation is 1. The maximum atomic E-state index is 14.1. The molecule has 0 unspecified atom stereocenters. The van der Waals surface area contributed by atoms with Crippen molar-refractivity contribution in [2.24, 2.45) is 0 Å². The van der Waals surface area contributed by atoms with Crippen LogP contribution in [-0.4, -0.2) is 16.4 Å². The van der Waals surface area contributed by atoms with E-state index >= 15 is 0 Å². The second-order valence-corrected chi connectivity index (χ2v) is 6.37. The molecule has 1 aromatic heterocycles. The number of benzene rings is 2. The molecule has 0 aliphatic carbocycles. The number of hydrogen-bond acceptors (Lipinski definition) is 4. The van der Waals surface area contributed by atoms with Crippen molar-refractivity contribution in [3.8, 4) is 11.3 Å². The number of nitrogens with zero attached hydrogens (tertiary/aromatic N) is 1. The van der Waals surface area contributed by atoms with E-state index in [9.17, 15) is 14.3 Å². The Labute approximate surface area is 155 Å². The first-order valence-electron chi connectivity index (χ1n) is 7.94. The van der Waals surface area contributed by atoms with E-state index in [1.54, 1.807) is 37.3 Å². The predicted octanol–water partition coefficient (Wildman–Crippen LogP) is 4.63. The van der Waals surface area contributed by atoms with E-state index in [0.717, 1.165) is 10.5 Å². The summed E-state index contributed by atoms with van der Waals surface area (Å²) in [6.45, 7) is 1.73. The third kappa shape index (κ3) is 3.88. The summed E-state index contributed by atoms with van der Waals surface area (Å²) >= 11 is 4.26. The summed E-state index contributed by atoms with van der Waals surface area (Å²) in [5.74, 6) is 0.0608. The Kier molecular flexibility index (Phi) is 5.27. The van der Waals surface area contributed by atoms with Gasteiger partial charge in [0.2, 0.25) is 0 Å². The number of carboxylic acid groups (broad SMARTS) is 1. The summed E-state index contributed by atoms with van der Waals surface area (Å²) in [6, 6.07) is 12.8. The molecule has 0 aliphatic rings. The quantitative estimate of drug-likeness (QED) is 0.571. The minimum Gasteiger partial charge on any atom is -0.465 e. The number of amides is 1. The fourth-order valence-corrected chi connectivity index (χ4v) is 3.02. The summed E-state index contributed by atoms with van der Waals surface area (Å²) < 4.78 is 19.5. The van der Waals surface area contributed by atoms with Crippen molar-refractivity contribution in [2.75, 3.05) is 0 Å². The van der Waals surface area contributed by atoms with Gasteiger partial charge in [0, 0.05) is 22.4 Å². The molecule has 0 radical (unpaired) electrons. The van der Waals surface area contributed by atoms with Gasteiger partial charge in [-0.1, -0.05) is 35.5 Å². The molecule has 0 aliphatic heterocycles. The molecule has 26 heavy (non-hydrogen) atoms. The van der Waals surface area contributed by atoms with E-state index in [1.165, 1.54) is 6.07 Å². The highest BCUT2D eigenvalue weighted by Crippen LogP contribution is 2.33. The molecule has 0 spiro atoms. The Balaban J connectivity index is 2.04. The Morgan fingerprint density at radius 1 is 1.27 bits per heavy atom. The van der Waals surface area contributed by atoms with E-state index in [2.05, 4.69) is 23.1 Å². The van der Waals surface area contributed by atoms with Gasteiger partial charge >= 0.3 is 6.09 Å². The van der Waals surface area contributed by atoms with Crippen LogP contribution in [0.25, 0.3) is 11.3 Å². The molecule has 5 nitrogen and oxygen atoms in total. The van der Waals surface area contributed by atoms with Crippen LogP contribution in [0.4, 0.5) is 9.18 Å². The first-order chi connectivity index (χ1) is 12.5. The van der Waals surface area contributed by atoms with Gasteiger partial charge in [0.15, 0.2) is 5.76 Å². The lowest BCUT2D eigenvalue weighted by molar-refractivity contribution is 0.189. The second kappa shape index (κ2) is 7.61. The van der Waals surface area contributed by atoms with E-state index < -0.39 is 12.1 Å². The van der Waals surface area contributed by atoms with Crippen LogP contribution in [0.2, 0.25) is 0 Å². The first kappa shape index (κ1) is 18.0. The van der Waals surface area contributed by atoms with Crippen LogP contribution in [0, 0.1) is 12.7 Å². The molecule has 3 rings (SSSR count). The average molecular weight is 372 g/mol. The smallest absolute Gasteiger partial charge is 0.405 e. The summed E-state index contributed by atoms with van der Waals surface area (Å²) in [5.41, 5.74) is 2.28. The van der Waals surface area contributed by atoms with Gasteiger partial charge in [-0.25, -0.2) is 9.18 Å². The molecule has 0 saturated heterocycles. The largest absolute Gasteiger partial charge is 0.465 e. The lowest BCUT2D eigenvalue weighted by Gasteiger charge is -2.18.